The van der Waals surface area contributed by atoms with E-state index < -0.39 is 0 Å². The van der Waals surface area contributed by atoms with Gasteiger partial charge in [-0.15, -0.1) is 0 Å². The summed E-state index contributed by atoms with van der Waals surface area (Å²) in [5.74, 6) is 0.371. The smallest absolute Gasteiger partial charge is 0.258 e. The van der Waals surface area contributed by atoms with Crippen molar-refractivity contribution in [3.8, 4) is 11.4 Å². The summed E-state index contributed by atoms with van der Waals surface area (Å²) in [4.78, 5) is 23.5. The topological polar surface area (TPSA) is 67.4 Å². The molecule has 6 nitrogen and oxygen atoms in total. The molecule has 136 valence electrons. The molecule has 1 N–H and O–H groups in total. The summed E-state index contributed by atoms with van der Waals surface area (Å²) < 4.78 is 5.41. The van der Waals surface area contributed by atoms with E-state index in [9.17, 15) is 4.79 Å². The number of rotatable bonds is 4. The van der Waals surface area contributed by atoms with Crippen LogP contribution in [-0.2, 0) is 4.74 Å². The summed E-state index contributed by atoms with van der Waals surface area (Å²) in [5, 5.41) is 2.98. The Kier molecular flexibility index (Phi) is 5.07. The molecule has 4 rings (SSSR count). The lowest BCUT2D eigenvalue weighted by atomic mass is 10.2. The molecule has 1 saturated heterocycles. The maximum absolute atomic E-state index is 12.7. The molecule has 1 aliphatic rings. The SMILES string of the molecule is O=C(Nc1ccccc1N1CCOCC1)c1cnc(-c2ccccc2)nc1. The number of morpholine rings is 1. The van der Waals surface area contributed by atoms with Gasteiger partial charge in [0.1, 0.15) is 0 Å². The lowest BCUT2D eigenvalue weighted by Crippen LogP contribution is -2.36. The van der Waals surface area contributed by atoms with E-state index in [1.54, 1.807) is 12.4 Å². The van der Waals surface area contributed by atoms with Gasteiger partial charge in [-0.25, -0.2) is 9.97 Å². The molecule has 0 spiro atoms. The number of anilines is 2. The van der Waals surface area contributed by atoms with Crippen LogP contribution in [0.15, 0.2) is 67.0 Å². The van der Waals surface area contributed by atoms with Crippen LogP contribution in [0.3, 0.4) is 0 Å². The van der Waals surface area contributed by atoms with Gasteiger partial charge in [-0.1, -0.05) is 42.5 Å². The van der Waals surface area contributed by atoms with E-state index in [4.69, 9.17) is 4.74 Å². The van der Waals surface area contributed by atoms with Gasteiger partial charge in [0, 0.05) is 31.0 Å². The normalized spacial score (nSPS) is 14.0. The van der Waals surface area contributed by atoms with Crippen LogP contribution in [0.1, 0.15) is 10.4 Å². The zero-order valence-corrected chi connectivity index (χ0v) is 14.8. The van der Waals surface area contributed by atoms with Crippen molar-refractivity contribution in [2.45, 2.75) is 0 Å². The minimum absolute atomic E-state index is 0.227. The minimum Gasteiger partial charge on any atom is -0.378 e. The van der Waals surface area contributed by atoms with Crippen molar-refractivity contribution in [3.63, 3.8) is 0 Å². The highest BCUT2D eigenvalue weighted by Gasteiger charge is 2.16. The average molecular weight is 360 g/mol. The highest BCUT2D eigenvalue weighted by molar-refractivity contribution is 6.05. The predicted molar refractivity (Wildman–Crippen MR) is 105 cm³/mol. The number of hydrogen-bond donors (Lipinski definition) is 1. The molecule has 3 aromatic rings. The van der Waals surface area contributed by atoms with Crippen molar-refractivity contribution >= 4 is 17.3 Å². The Morgan fingerprint density at radius 1 is 0.926 bits per heavy atom. The molecule has 0 aliphatic carbocycles. The number of carbonyl (C=O) groups excluding carboxylic acids is 1. The maximum Gasteiger partial charge on any atom is 0.258 e. The highest BCUT2D eigenvalue weighted by Crippen LogP contribution is 2.26. The van der Waals surface area contributed by atoms with Gasteiger partial charge in [-0.2, -0.15) is 0 Å². The second kappa shape index (κ2) is 7.97. The number of ether oxygens (including phenoxy) is 1. The van der Waals surface area contributed by atoms with Gasteiger partial charge in [-0.3, -0.25) is 4.79 Å². The van der Waals surface area contributed by atoms with E-state index in [0.29, 0.717) is 24.6 Å². The second-order valence-electron chi connectivity index (χ2n) is 6.23. The fraction of sp³-hybridized carbons (Fsp3) is 0.190. The average Bonchev–Trinajstić information content (AvgIpc) is 2.75. The van der Waals surface area contributed by atoms with Crippen molar-refractivity contribution in [1.82, 2.24) is 9.97 Å². The molecule has 1 fully saturated rings. The van der Waals surface area contributed by atoms with E-state index >= 15 is 0 Å². The number of nitrogens with zero attached hydrogens (tertiary/aromatic N) is 3. The molecule has 2 aromatic carbocycles. The lowest BCUT2D eigenvalue weighted by molar-refractivity contribution is 0.102. The van der Waals surface area contributed by atoms with Gasteiger partial charge in [-0.05, 0) is 12.1 Å². The Labute approximate surface area is 157 Å². The van der Waals surface area contributed by atoms with Gasteiger partial charge in [0.15, 0.2) is 5.82 Å². The van der Waals surface area contributed by atoms with Crippen LogP contribution >= 0.6 is 0 Å². The Morgan fingerprint density at radius 3 is 2.33 bits per heavy atom. The lowest BCUT2D eigenvalue weighted by Gasteiger charge is -2.30. The van der Waals surface area contributed by atoms with Crippen molar-refractivity contribution in [1.29, 1.82) is 0 Å². The van der Waals surface area contributed by atoms with Gasteiger partial charge < -0.3 is 15.0 Å². The molecule has 27 heavy (non-hydrogen) atoms. The highest BCUT2D eigenvalue weighted by atomic mass is 16.5. The number of carbonyl (C=O) groups is 1. The molecule has 0 bridgehead atoms. The number of para-hydroxylation sites is 2. The quantitative estimate of drug-likeness (QED) is 0.774. The van der Waals surface area contributed by atoms with Crippen LogP contribution in [0.25, 0.3) is 11.4 Å². The van der Waals surface area contributed by atoms with E-state index in [1.165, 1.54) is 0 Å². The third kappa shape index (κ3) is 3.96. The predicted octanol–water partition coefficient (Wildman–Crippen LogP) is 3.23. The molecule has 0 unspecified atom stereocenters. The van der Waals surface area contributed by atoms with Crippen LogP contribution in [0.5, 0.6) is 0 Å². The molecule has 2 heterocycles. The number of amides is 1. The van der Waals surface area contributed by atoms with E-state index in [-0.39, 0.29) is 5.91 Å². The molecular formula is C21H20N4O2. The Morgan fingerprint density at radius 2 is 1.59 bits per heavy atom. The summed E-state index contributed by atoms with van der Waals surface area (Å²) in [6, 6.07) is 17.5. The van der Waals surface area contributed by atoms with Crippen molar-refractivity contribution < 1.29 is 9.53 Å². The molecule has 6 heteroatoms. The van der Waals surface area contributed by atoms with Crippen molar-refractivity contribution in [2.75, 3.05) is 36.5 Å². The van der Waals surface area contributed by atoms with Gasteiger partial charge in [0.25, 0.3) is 5.91 Å². The number of nitrogens with one attached hydrogen (secondary N) is 1. The third-order valence-electron chi connectivity index (χ3n) is 4.45. The first-order valence-electron chi connectivity index (χ1n) is 8.92. The molecule has 1 aromatic heterocycles. The Balaban J connectivity index is 1.51. The number of hydrogen-bond acceptors (Lipinski definition) is 5. The van der Waals surface area contributed by atoms with Crippen LogP contribution in [0.4, 0.5) is 11.4 Å². The summed E-state index contributed by atoms with van der Waals surface area (Å²) in [6.07, 6.45) is 3.12. The van der Waals surface area contributed by atoms with Crippen molar-refractivity contribution in [3.05, 3.63) is 72.6 Å². The zero-order valence-electron chi connectivity index (χ0n) is 14.8. The monoisotopic (exact) mass is 360 g/mol. The molecule has 0 saturated carbocycles. The van der Waals surface area contributed by atoms with E-state index in [1.807, 2.05) is 54.6 Å². The largest absolute Gasteiger partial charge is 0.378 e. The first kappa shape index (κ1) is 17.2. The van der Waals surface area contributed by atoms with Gasteiger partial charge in [0.2, 0.25) is 0 Å². The third-order valence-corrected chi connectivity index (χ3v) is 4.45. The summed E-state index contributed by atoms with van der Waals surface area (Å²) in [6.45, 7) is 3.00. The Hall–Kier alpha value is -3.25. The first-order valence-corrected chi connectivity index (χ1v) is 8.92. The fourth-order valence-electron chi connectivity index (χ4n) is 3.04. The van der Waals surface area contributed by atoms with Gasteiger partial charge >= 0.3 is 0 Å². The summed E-state index contributed by atoms with van der Waals surface area (Å²) in [7, 11) is 0. The molecule has 1 aliphatic heterocycles. The second-order valence-corrected chi connectivity index (χ2v) is 6.23. The van der Waals surface area contributed by atoms with Crippen LogP contribution in [-0.4, -0.2) is 42.2 Å². The van der Waals surface area contributed by atoms with Crippen molar-refractivity contribution in [2.24, 2.45) is 0 Å². The minimum atomic E-state index is -0.227. The number of aromatic nitrogens is 2. The van der Waals surface area contributed by atoms with E-state index in [0.717, 1.165) is 30.0 Å². The van der Waals surface area contributed by atoms with Crippen LogP contribution in [0, 0.1) is 0 Å². The molecule has 1 amide bonds. The van der Waals surface area contributed by atoms with Crippen LogP contribution in [0.2, 0.25) is 0 Å². The maximum atomic E-state index is 12.7. The summed E-state index contributed by atoms with van der Waals surface area (Å²) >= 11 is 0. The molecular weight excluding hydrogens is 340 g/mol. The Bertz CT molecular complexity index is 907. The number of benzene rings is 2. The molecule has 0 radical (unpaired) electrons. The van der Waals surface area contributed by atoms with Crippen LogP contribution < -0.4 is 10.2 Å². The fourth-order valence-corrected chi connectivity index (χ4v) is 3.04. The van der Waals surface area contributed by atoms with E-state index in [2.05, 4.69) is 20.2 Å². The first-order chi connectivity index (χ1) is 13.3. The molecule has 0 atom stereocenters. The summed E-state index contributed by atoms with van der Waals surface area (Å²) in [5.41, 5.74) is 3.11. The van der Waals surface area contributed by atoms with Gasteiger partial charge in [0.05, 0.1) is 30.2 Å². The zero-order chi connectivity index (χ0) is 18.5. The standard InChI is InChI=1S/C21H20N4O2/c26-21(17-14-22-20(23-15-17)16-6-2-1-3-7-16)24-18-8-4-5-9-19(18)25-10-12-27-13-11-25/h1-9,14-15H,10-13H2,(H,24,26).